The van der Waals surface area contributed by atoms with Gasteiger partial charge in [0, 0.05) is 17.5 Å². The second-order valence-electron chi connectivity index (χ2n) is 4.80. The molecule has 0 atom stereocenters. The van der Waals surface area contributed by atoms with E-state index in [1.807, 2.05) is 11.4 Å². The molecule has 1 heterocycles. The fraction of sp³-hybridized carbons (Fsp3) is 0.583. The Morgan fingerprint density at radius 3 is 2.75 bits per heavy atom. The van der Waals surface area contributed by atoms with E-state index in [4.69, 9.17) is 0 Å². The summed E-state index contributed by atoms with van der Waals surface area (Å²) in [6, 6.07) is 4.53. The summed E-state index contributed by atoms with van der Waals surface area (Å²) in [5, 5.41) is 11.3. The second-order valence-corrected chi connectivity index (χ2v) is 5.83. The summed E-state index contributed by atoms with van der Waals surface area (Å²) in [5.74, 6) is -0.740. The molecule has 1 aromatic heterocycles. The van der Waals surface area contributed by atoms with E-state index in [9.17, 15) is 9.90 Å². The van der Waals surface area contributed by atoms with Crippen molar-refractivity contribution in [2.24, 2.45) is 0 Å². The van der Waals surface area contributed by atoms with E-state index in [-0.39, 0.29) is 0 Å². The van der Waals surface area contributed by atoms with Gasteiger partial charge in [-0.25, -0.2) is 0 Å². The molecule has 0 spiro atoms. The molecule has 0 unspecified atom stereocenters. The molecule has 0 saturated heterocycles. The first-order chi connectivity index (χ1) is 7.51. The quantitative estimate of drug-likeness (QED) is 0.858. The first-order valence-corrected chi connectivity index (χ1v) is 6.42. The Labute approximate surface area is 99.7 Å². The van der Waals surface area contributed by atoms with Gasteiger partial charge in [0.2, 0.25) is 0 Å². The zero-order valence-corrected chi connectivity index (χ0v) is 10.5. The van der Waals surface area contributed by atoms with Crippen LogP contribution >= 0.6 is 11.3 Å². The molecule has 0 amide bonds. The molecule has 1 saturated carbocycles. The molecule has 0 aliphatic heterocycles. The molecule has 16 heavy (non-hydrogen) atoms. The molecule has 4 heteroatoms. The Morgan fingerprint density at radius 1 is 1.62 bits per heavy atom. The Hall–Kier alpha value is -0.870. The summed E-state index contributed by atoms with van der Waals surface area (Å²) in [6.45, 7) is 4.34. The Kier molecular flexibility index (Phi) is 3.04. The smallest absolute Gasteiger partial charge is 0.323 e. The first-order valence-electron chi connectivity index (χ1n) is 5.54. The van der Waals surface area contributed by atoms with Crippen LogP contribution in [0.3, 0.4) is 0 Å². The van der Waals surface area contributed by atoms with Gasteiger partial charge in [-0.2, -0.15) is 0 Å². The fourth-order valence-corrected chi connectivity index (χ4v) is 2.57. The second kappa shape index (κ2) is 4.18. The zero-order valence-electron chi connectivity index (χ0n) is 9.64. The van der Waals surface area contributed by atoms with Crippen molar-refractivity contribution in [3.8, 4) is 0 Å². The molecular weight excluding hydrogens is 222 g/mol. The molecule has 2 rings (SSSR count). The number of nitrogens with zero attached hydrogens (tertiary/aromatic N) is 1. The van der Waals surface area contributed by atoms with E-state index in [0.29, 0.717) is 6.04 Å². The number of carbonyl (C=O) groups is 1. The molecule has 88 valence electrons. The van der Waals surface area contributed by atoms with Crippen molar-refractivity contribution in [3.05, 3.63) is 22.4 Å². The van der Waals surface area contributed by atoms with Crippen LogP contribution in [0.2, 0.25) is 0 Å². The van der Waals surface area contributed by atoms with Crippen LogP contribution in [0.1, 0.15) is 31.6 Å². The predicted molar refractivity (Wildman–Crippen MR) is 64.6 cm³/mol. The predicted octanol–water partition coefficient (Wildman–Crippen LogP) is 2.58. The Bertz CT molecular complexity index is 368. The molecule has 1 aliphatic rings. The fourth-order valence-electron chi connectivity index (χ4n) is 1.86. The van der Waals surface area contributed by atoms with Crippen molar-refractivity contribution >= 4 is 17.3 Å². The lowest BCUT2D eigenvalue weighted by molar-refractivity contribution is -0.150. The number of carboxylic acids is 1. The molecule has 0 bridgehead atoms. The summed E-state index contributed by atoms with van der Waals surface area (Å²) in [4.78, 5) is 14.6. The summed E-state index contributed by atoms with van der Waals surface area (Å²) in [6.07, 6.45) is 2.25. The highest BCUT2D eigenvalue weighted by molar-refractivity contribution is 7.09. The summed E-state index contributed by atoms with van der Waals surface area (Å²) >= 11 is 1.69. The molecular formula is C12H17NO2S. The van der Waals surface area contributed by atoms with Crippen LogP contribution < -0.4 is 0 Å². The van der Waals surface area contributed by atoms with Crippen molar-refractivity contribution in [3.63, 3.8) is 0 Å². The van der Waals surface area contributed by atoms with Crippen LogP contribution in [-0.2, 0) is 11.3 Å². The van der Waals surface area contributed by atoms with Crippen LogP contribution in [0.5, 0.6) is 0 Å². The van der Waals surface area contributed by atoms with Crippen LogP contribution in [0.25, 0.3) is 0 Å². The minimum atomic E-state index is -0.773. The number of hydrogen-bond donors (Lipinski definition) is 1. The minimum Gasteiger partial charge on any atom is -0.480 e. The molecule has 3 nitrogen and oxygen atoms in total. The number of aliphatic carboxylic acids is 1. The highest BCUT2D eigenvalue weighted by atomic mass is 32.1. The highest BCUT2D eigenvalue weighted by Gasteiger charge is 2.43. The molecule has 1 aliphatic carbocycles. The lowest BCUT2D eigenvalue weighted by atomic mass is 10.0. The van der Waals surface area contributed by atoms with Gasteiger partial charge in [0.25, 0.3) is 0 Å². The van der Waals surface area contributed by atoms with E-state index in [2.05, 4.69) is 11.0 Å². The lowest BCUT2D eigenvalue weighted by Gasteiger charge is -2.34. The summed E-state index contributed by atoms with van der Waals surface area (Å²) in [5.41, 5.74) is -0.773. The third-order valence-corrected chi connectivity index (χ3v) is 4.00. The van der Waals surface area contributed by atoms with Gasteiger partial charge >= 0.3 is 5.97 Å². The van der Waals surface area contributed by atoms with Crippen LogP contribution in [0, 0.1) is 0 Å². The highest BCUT2D eigenvalue weighted by Crippen LogP contribution is 2.35. The van der Waals surface area contributed by atoms with Gasteiger partial charge < -0.3 is 5.11 Å². The van der Waals surface area contributed by atoms with Crippen molar-refractivity contribution in [1.29, 1.82) is 0 Å². The van der Waals surface area contributed by atoms with Gasteiger partial charge in [0.1, 0.15) is 5.54 Å². The molecule has 1 aromatic rings. The normalized spacial score (nSPS) is 16.7. The van der Waals surface area contributed by atoms with Gasteiger partial charge in [0.05, 0.1) is 0 Å². The van der Waals surface area contributed by atoms with Crippen molar-refractivity contribution < 1.29 is 9.90 Å². The summed E-state index contributed by atoms with van der Waals surface area (Å²) < 4.78 is 0. The maximum Gasteiger partial charge on any atom is 0.323 e. The van der Waals surface area contributed by atoms with E-state index in [1.54, 1.807) is 25.2 Å². The van der Waals surface area contributed by atoms with Gasteiger partial charge in [-0.3, -0.25) is 9.69 Å². The van der Waals surface area contributed by atoms with E-state index < -0.39 is 11.5 Å². The van der Waals surface area contributed by atoms with Crippen LogP contribution in [0.15, 0.2) is 17.5 Å². The molecule has 1 fully saturated rings. The Morgan fingerprint density at radius 2 is 2.31 bits per heavy atom. The van der Waals surface area contributed by atoms with Gasteiger partial charge in [-0.1, -0.05) is 6.07 Å². The number of carboxylic acid groups (broad SMARTS) is 1. The van der Waals surface area contributed by atoms with Gasteiger partial charge in [0.15, 0.2) is 0 Å². The van der Waals surface area contributed by atoms with Crippen LogP contribution in [0.4, 0.5) is 0 Å². The number of rotatable bonds is 5. The Balaban J connectivity index is 2.14. The third-order valence-electron chi connectivity index (χ3n) is 3.14. The first kappa shape index (κ1) is 11.6. The average molecular weight is 239 g/mol. The van der Waals surface area contributed by atoms with Gasteiger partial charge in [-0.15, -0.1) is 11.3 Å². The largest absolute Gasteiger partial charge is 0.480 e. The monoisotopic (exact) mass is 239 g/mol. The minimum absolute atomic E-state index is 0.452. The van der Waals surface area contributed by atoms with E-state index in [1.165, 1.54) is 4.88 Å². The van der Waals surface area contributed by atoms with Crippen molar-refractivity contribution in [2.45, 2.75) is 44.8 Å². The van der Waals surface area contributed by atoms with Crippen molar-refractivity contribution in [2.75, 3.05) is 0 Å². The number of thiophene rings is 1. The topological polar surface area (TPSA) is 40.5 Å². The lowest BCUT2D eigenvalue weighted by Crippen LogP contribution is -2.50. The van der Waals surface area contributed by atoms with Gasteiger partial charge in [-0.05, 0) is 38.1 Å². The van der Waals surface area contributed by atoms with Crippen molar-refractivity contribution in [1.82, 2.24) is 4.90 Å². The molecule has 0 aromatic carbocycles. The zero-order chi connectivity index (χ0) is 11.8. The standard InChI is InChI=1S/C12H17NO2S/c1-12(2,11(14)15)13(9-5-6-9)8-10-4-3-7-16-10/h3-4,7,9H,5-6,8H2,1-2H3,(H,14,15). The average Bonchev–Trinajstić information content (AvgIpc) is 2.91. The SMILES string of the molecule is CC(C)(C(=O)O)N(Cc1cccs1)C1CC1. The molecule has 0 radical (unpaired) electrons. The van der Waals surface area contributed by atoms with E-state index in [0.717, 1.165) is 19.4 Å². The molecule has 1 N–H and O–H groups in total. The summed E-state index contributed by atoms with van der Waals surface area (Å²) in [7, 11) is 0. The maximum atomic E-state index is 11.3. The third kappa shape index (κ3) is 2.28. The van der Waals surface area contributed by atoms with E-state index >= 15 is 0 Å². The van der Waals surface area contributed by atoms with Crippen LogP contribution in [-0.4, -0.2) is 27.6 Å². The maximum absolute atomic E-state index is 11.3. The number of hydrogen-bond acceptors (Lipinski definition) is 3.